The molecule has 0 radical (unpaired) electrons. The summed E-state index contributed by atoms with van der Waals surface area (Å²) in [7, 11) is 0. The molecule has 0 bridgehead atoms. The van der Waals surface area contributed by atoms with Gasteiger partial charge in [0.25, 0.3) is 0 Å². The van der Waals surface area contributed by atoms with Crippen molar-refractivity contribution in [2.75, 3.05) is 0 Å². The molecule has 0 atom stereocenters. The Hall–Kier alpha value is -2.11. The molecule has 1 aliphatic rings. The van der Waals surface area contributed by atoms with Crippen molar-refractivity contribution in [3.63, 3.8) is 0 Å². The minimum atomic E-state index is -4.81. The van der Waals surface area contributed by atoms with E-state index in [4.69, 9.17) is 0 Å². The van der Waals surface area contributed by atoms with Crippen LogP contribution in [-0.2, 0) is 0 Å². The second-order valence-corrected chi connectivity index (χ2v) is 6.89. The van der Waals surface area contributed by atoms with Gasteiger partial charge in [0.15, 0.2) is 0 Å². The highest BCUT2D eigenvalue weighted by atomic mass is 19.4. The van der Waals surface area contributed by atoms with Crippen LogP contribution in [0.1, 0.15) is 57.9 Å². The number of ether oxygens (including phenoxy) is 1. The summed E-state index contributed by atoms with van der Waals surface area (Å²) in [4.78, 5) is 0. The largest absolute Gasteiger partial charge is 0.573 e. The summed E-state index contributed by atoms with van der Waals surface area (Å²) in [5, 5.41) is 0. The predicted molar refractivity (Wildman–Crippen MR) is 100 cm³/mol. The monoisotopic (exact) mass is 400 g/mol. The van der Waals surface area contributed by atoms with Crippen LogP contribution >= 0.6 is 0 Å². The lowest BCUT2D eigenvalue weighted by molar-refractivity contribution is -0.274. The van der Waals surface area contributed by atoms with Crippen LogP contribution in [0, 0.1) is 17.6 Å². The van der Waals surface area contributed by atoms with Gasteiger partial charge in [0.2, 0.25) is 0 Å². The molecule has 2 aromatic carbocycles. The highest BCUT2D eigenvalue weighted by Gasteiger charge is 2.31. The van der Waals surface area contributed by atoms with Gasteiger partial charge in [-0.1, -0.05) is 45.7 Å². The van der Waals surface area contributed by atoms with E-state index in [0.29, 0.717) is 11.5 Å². The second-order valence-electron chi connectivity index (χ2n) is 6.89. The minimum Gasteiger partial charge on any atom is -0.406 e. The summed E-state index contributed by atoms with van der Waals surface area (Å²) in [5.41, 5.74) is 0.572. The van der Waals surface area contributed by atoms with Gasteiger partial charge >= 0.3 is 6.36 Å². The van der Waals surface area contributed by atoms with Crippen LogP contribution in [0.15, 0.2) is 36.4 Å². The average molecular weight is 400 g/mol. The van der Waals surface area contributed by atoms with Crippen molar-refractivity contribution in [2.45, 2.75) is 58.7 Å². The summed E-state index contributed by atoms with van der Waals surface area (Å²) in [6.45, 7) is 6.17. The molecule has 0 heterocycles. The van der Waals surface area contributed by atoms with Crippen LogP contribution in [0.5, 0.6) is 5.75 Å². The molecule has 0 aromatic heterocycles. The van der Waals surface area contributed by atoms with Crippen LogP contribution in [-0.4, -0.2) is 6.36 Å². The van der Waals surface area contributed by atoms with Crippen molar-refractivity contribution in [1.82, 2.24) is 0 Å². The quantitative estimate of drug-likeness (QED) is 0.477. The van der Waals surface area contributed by atoms with Crippen molar-refractivity contribution < 1.29 is 26.7 Å². The topological polar surface area (TPSA) is 9.23 Å². The lowest BCUT2D eigenvalue weighted by Crippen LogP contribution is -2.16. The van der Waals surface area contributed by atoms with E-state index < -0.39 is 23.7 Å². The second kappa shape index (κ2) is 9.39. The standard InChI is InChI=1S/C20H19F5O.C2H6/c1-12-2-4-13(5-3-12)15-10-17(21)19(18(22)11-15)14-6-8-16(9-7-14)26-20(23,24)25;1-2/h6-13H,2-5H2,1H3;1-2H3. The molecule has 2 aromatic rings. The van der Waals surface area contributed by atoms with Crippen molar-refractivity contribution in [3.8, 4) is 16.9 Å². The fraction of sp³-hybridized carbons (Fsp3) is 0.455. The third-order valence-electron chi connectivity index (χ3n) is 4.93. The Morgan fingerprint density at radius 3 is 1.82 bits per heavy atom. The van der Waals surface area contributed by atoms with Crippen molar-refractivity contribution in [1.29, 1.82) is 0 Å². The SMILES string of the molecule is CC.CC1CCC(c2cc(F)c(-c3ccc(OC(F)(F)F)cc3)c(F)c2)CC1. The lowest BCUT2D eigenvalue weighted by atomic mass is 9.79. The van der Waals surface area contributed by atoms with Gasteiger partial charge in [-0.25, -0.2) is 8.78 Å². The van der Waals surface area contributed by atoms with Gasteiger partial charge in [0.05, 0.1) is 5.56 Å². The normalized spacial score (nSPS) is 19.6. The molecule has 1 aliphatic carbocycles. The van der Waals surface area contributed by atoms with Gasteiger partial charge in [-0.3, -0.25) is 0 Å². The molecule has 3 rings (SSSR count). The Balaban J connectivity index is 0.00000136. The Morgan fingerprint density at radius 1 is 0.857 bits per heavy atom. The van der Waals surface area contributed by atoms with Gasteiger partial charge in [0.1, 0.15) is 17.4 Å². The molecule has 0 unspecified atom stereocenters. The number of rotatable bonds is 3. The third-order valence-corrected chi connectivity index (χ3v) is 4.93. The Kier molecular flexibility index (Phi) is 7.44. The van der Waals surface area contributed by atoms with Crippen LogP contribution in [0.25, 0.3) is 11.1 Å². The predicted octanol–water partition coefficient (Wildman–Crippen LogP) is 7.85. The first kappa shape index (κ1) is 22.2. The molecular weight excluding hydrogens is 375 g/mol. The molecule has 0 N–H and O–H groups in total. The fourth-order valence-electron chi connectivity index (χ4n) is 3.52. The lowest BCUT2D eigenvalue weighted by Gasteiger charge is -2.26. The molecule has 1 saturated carbocycles. The van der Waals surface area contributed by atoms with Crippen molar-refractivity contribution in [3.05, 3.63) is 53.6 Å². The van der Waals surface area contributed by atoms with E-state index in [1.54, 1.807) is 0 Å². The van der Waals surface area contributed by atoms with Crippen LogP contribution in [0.4, 0.5) is 22.0 Å². The first-order valence-electron chi connectivity index (χ1n) is 9.58. The van der Waals surface area contributed by atoms with Crippen LogP contribution in [0.2, 0.25) is 0 Å². The van der Waals surface area contributed by atoms with Crippen LogP contribution in [0.3, 0.4) is 0 Å². The van der Waals surface area contributed by atoms with Gasteiger partial charge in [-0.05, 0) is 60.1 Å². The molecular formula is C22H25F5O. The maximum absolute atomic E-state index is 14.5. The summed E-state index contributed by atoms with van der Waals surface area (Å²) in [6, 6.07) is 7.20. The zero-order chi connectivity index (χ0) is 20.9. The minimum absolute atomic E-state index is 0.145. The average Bonchev–Trinajstić information content (AvgIpc) is 2.63. The van der Waals surface area contributed by atoms with Gasteiger partial charge < -0.3 is 4.74 Å². The van der Waals surface area contributed by atoms with Crippen molar-refractivity contribution in [2.24, 2.45) is 5.92 Å². The Morgan fingerprint density at radius 2 is 1.36 bits per heavy atom. The van der Waals surface area contributed by atoms with E-state index in [-0.39, 0.29) is 17.0 Å². The zero-order valence-electron chi connectivity index (χ0n) is 16.2. The third kappa shape index (κ3) is 5.69. The van der Waals surface area contributed by atoms with E-state index in [1.807, 2.05) is 13.8 Å². The van der Waals surface area contributed by atoms with E-state index in [1.165, 1.54) is 24.3 Å². The molecule has 0 aliphatic heterocycles. The zero-order valence-corrected chi connectivity index (χ0v) is 16.2. The molecule has 0 saturated heterocycles. The molecule has 1 nitrogen and oxygen atoms in total. The van der Waals surface area contributed by atoms with E-state index in [2.05, 4.69) is 11.7 Å². The molecule has 154 valence electrons. The van der Waals surface area contributed by atoms with E-state index in [0.717, 1.165) is 37.8 Å². The van der Waals surface area contributed by atoms with Gasteiger partial charge in [-0.2, -0.15) is 0 Å². The first-order valence-corrected chi connectivity index (χ1v) is 9.58. The maximum Gasteiger partial charge on any atom is 0.573 e. The van der Waals surface area contributed by atoms with E-state index in [9.17, 15) is 22.0 Å². The summed E-state index contributed by atoms with van der Waals surface area (Å²) >= 11 is 0. The van der Waals surface area contributed by atoms with Gasteiger partial charge in [0, 0.05) is 0 Å². The van der Waals surface area contributed by atoms with Crippen LogP contribution < -0.4 is 4.74 Å². The molecule has 1 fully saturated rings. The Labute approximate surface area is 162 Å². The highest BCUT2D eigenvalue weighted by molar-refractivity contribution is 5.66. The number of halogens is 5. The molecule has 28 heavy (non-hydrogen) atoms. The number of hydrogen-bond acceptors (Lipinski definition) is 1. The first-order chi connectivity index (χ1) is 13.2. The molecule has 0 spiro atoms. The number of benzene rings is 2. The maximum atomic E-state index is 14.5. The highest BCUT2D eigenvalue weighted by Crippen LogP contribution is 2.38. The number of hydrogen-bond donors (Lipinski definition) is 0. The summed E-state index contributed by atoms with van der Waals surface area (Å²) in [5.74, 6) is -1.06. The number of alkyl halides is 3. The summed E-state index contributed by atoms with van der Waals surface area (Å²) in [6.07, 6.45) is -0.921. The summed E-state index contributed by atoms with van der Waals surface area (Å²) < 4.78 is 69.5. The van der Waals surface area contributed by atoms with Crippen molar-refractivity contribution >= 4 is 0 Å². The molecule has 6 heteroatoms. The molecule has 0 amide bonds. The van der Waals surface area contributed by atoms with E-state index >= 15 is 0 Å². The van der Waals surface area contributed by atoms with Gasteiger partial charge in [-0.15, -0.1) is 13.2 Å². The smallest absolute Gasteiger partial charge is 0.406 e. The fourth-order valence-corrected chi connectivity index (χ4v) is 3.52. The Bertz CT molecular complexity index is 736.